The van der Waals surface area contributed by atoms with Crippen LogP contribution in [0.5, 0.6) is 5.75 Å². The Kier molecular flexibility index (Phi) is 3.34. The molecule has 7 nitrogen and oxygen atoms in total. The summed E-state index contributed by atoms with van der Waals surface area (Å²) in [5.74, 6) is -0.564. The number of nitrogens with zero attached hydrogens (tertiary/aromatic N) is 3. The van der Waals surface area contributed by atoms with Crippen LogP contribution in [0.25, 0.3) is 16.8 Å². The molecule has 0 saturated heterocycles. The summed E-state index contributed by atoms with van der Waals surface area (Å²) in [6.07, 6.45) is 0. The Bertz CT molecular complexity index is 891. The van der Waals surface area contributed by atoms with Gasteiger partial charge in [0.1, 0.15) is 5.75 Å². The van der Waals surface area contributed by atoms with E-state index in [1.807, 2.05) is 0 Å². The molecule has 3 N–H and O–H groups in total. The zero-order valence-corrected chi connectivity index (χ0v) is 12.2. The topological polar surface area (TPSA) is 103 Å². The van der Waals surface area contributed by atoms with Gasteiger partial charge in [0.15, 0.2) is 11.3 Å². The average molecular weight is 319 g/mol. The first-order valence-corrected chi connectivity index (χ1v) is 6.61. The van der Waals surface area contributed by atoms with Crippen molar-refractivity contribution < 1.29 is 14.6 Å². The van der Waals surface area contributed by atoms with Crippen LogP contribution in [0.4, 0.5) is 5.95 Å². The van der Waals surface area contributed by atoms with Crippen LogP contribution < -0.4 is 10.5 Å². The molecule has 0 radical (unpaired) electrons. The van der Waals surface area contributed by atoms with Gasteiger partial charge >= 0.3 is 5.97 Å². The second-order valence-corrected chi connectivity index (χ2v) is 4.92. The number of hydrogen-bond donors (Lipinski definition) is 2. The molecular weight excluding hydrogens is 308 g/mol. The molecule has 0 unspecified atom stereocenters. The van der Waals surface area contributed by atoms with Crippen molar-refractivity contribution in [3.05, 3.63) is 41.0 Å². The molecule has 3 aromatic rings. The summed E-state index contributed by atoms with van der Waals surface area (Å²) in [6.45, 7) is 0. The van der Waals surface area contributed by atoms with Crippen LogP contribution in [0.1, 0.15) is 10.5 Å². The highest BCUT2D eigenvalue weighted by Gasteiger charge is 2.18. The molecule has 0 aliphatic heterocycles. The summed E-state index contributed by atoms with van der Waals surface area (Å²) in [7, 11) is 1.54. The lowest BCUT2D eigenvalue weighted by Crippen LogP contribution is -2.07. The maximum atomic E-state index is 11.3. The predicted octanol–water partition coefficient (Wildman–Crippen LogP) is 2.34. The molecule has 0 saturated carbocycles. The molecule has 22 heavy (non-hydrogen) atoms. The summed E-state index contributed by atoms with van der Waals surface area (Å²) in [5, 5.41) is 13.7. The van der Waals surface area contributed by atoms with Crippen molar-refractivity contribution in [3.63, 3.8) is 0 Å². The number of methoxy groups -OCH3 is 1. The lowest BCUT2D eigenvalue weighted by atomic mass is 10.1. The summed E-state index contributed by atoms with van der Waals surface area (Å²) in [5.41, 5.74) is 7.18. The molecule has 0 spiro atoms. The number of nitrogens with two attached hydrogens (primary N) is 1. The largest absolute Gasteiger partial charge is 0.496 e. The first-order chi connectivity index (χ1) is 10.5. The number of anilines is 1. The number of aromatic nitrogens is 3. The molecular formula is C14H11ClN4O3. The van der Waals surface area contributed by atoms with E-state index in [-0.39, 0.29) is 11.6 Å². The molecule has 0 bridgehead atoms. The van der Waals surface area contributed by atoms with Gasteiger partial charge in [-0.1, -0.05) is 11.6 Å². The van der Waals surface area contributed by atoms with Crippen molar-refractivity contribution in [2.75, 3.05) is 12.8 Å². The lowest BCUT2D eigenvalue weighted by Gasteiger charge is -2.10. The fraction of sp³-hybridized carbons (Fsp3) is 0.0714. The summed E-state index contributed by atoms with van der Waals surface area (Å²) < 4.78 is 6.51. The Labute approximate surface area is 129 Å². The van der Waals surface area contributed by atoms with Crippen LogP contribution in [0.15, 0.2) is 30.3 Å². The minimum atomic E-state index is -1.13. The molecule has 0 aliphatic rings. The highest BCUT2D eigenvalue weighted by Crippen LogP contribution is 2.35. The smallest absolute Gasteiger partial charge is 0.354 e. The highest BCUT2D eigenvalue weighted by atomic mass is 35.5. The van der Waals surface area contributed by atoms with Crippen molar-refractivity contribution in [2.45, 2.75) is 0 Å². The van der Waals surface area contributed by atoms with Crippen molar-refractivity contribution >= 4 is 29.2 Å². The zero-order valence-electron chi connectivity index (χ0n) is 11.4. The highest BCUT2D eigenvalue weighted by molar-refractivity contribution is 6.31. The number of carboxylic acids is 1. The van der Waals surface area contributed by atoms with Gasteiger partial charge in [0.2, 0.25) is 5.95 Å². The first-order valence-electron chi connectivity index (χ1n) is 6.23. The minimum absolute atomic E-state index is 0.0176. The van der Waals surface area contributed by atoms with Crippen molar-refractivity contribution in [1.82, 2.24) is 14.6 Å². The Balaban J connectivity index is 2.36. The average Bonchev–Trinajstić information content (AvgIpc) is 2.87. The van der Waals surface area contributed by atoms with E-state index < -0.39 is 5.97 Å². The number of halogens is 1. The molecule has 112 valence electrons. The molecule has 3 rings (SSSR count). The Morgan fingerprint density at radius 3 is 2.77 bits per heavy atom. The fourth-order valence-electron chi connectivity index (χ4n) is 2.24. The number of rotatable bonds is 3. The third-order valence-corrected chi connectivity index (χ3v) is 3.41. The van der Waals surface area contributed by atoms with E-state index in [2.05, 4.69) is 10.1 Å². The SMILES string of the molecule is COc1ccc(Cl)cc1-c1ccc(C(=O)O)n2nc(N)nc12. The van der Waals surface area contributed by atoms with Gasteiger partial charge in [-0.05, 0) is 30.3 Å². The van der Waals surface area contributed by atoms with E-state index in [0.717, 1.165) is 0 Å². The number of benzene rings is 1. The third kappa shape index (κ3) is 2.21. The summed E-state index contributed by atoms with van der Waals surface area (Å²) >= 11 is 6.04. The summed E-state index contributed by atoms with van der Waals surface area (Å²) in [4.78, 5) is 15.4. The maximum Gasteiger partial charge on any atom is 0.354 e. The van der Waals surface area contributed by atoms with Crippen LogP contribution in [0.2, 0.25) is 5.02 Å². The number of nitrogen functional groups attached to an aromatic ring is 1. The molecule has 2 heterocycles. The maximum absolute atomic E-state index is 11.3. The van der Waals surface area contributed by atoms with Gasteiger partial charge < -0.3 is 15.6 Å². The van der Waals surface area contributed by atoms with Gasteiger partial charge in [0.05, 0.1) is 7.11 Å². The summed E-state index contributed by atoms with van der Waals surface area (Å²) in [6, 6.07) is 8.19. The van der Waals surface area contributed by atoms with Crippen molar-refractivity contribution in [2.24, 2.45) is 0 Å². The monoisotopic (exact) mass is 318 g/mol. The second-order valence-electron chi connectivity index (χ2n) is 4.49. The van der Waals surface area contributed by atoms with E-state index in [4.69, 9.17) is 22.1 Å². The standard InChI is InChI=1S/C14H11ClN4O3/c1-22-11-5-2-7(15)6-9(11)8-3-4-10(13(20)21)19-12(8)17-14(16)18-19/h2-6H,1H3,(H2,16,18)(H,20,21). The van der Waals surface area contributed by atoms with E-state index in [1.54, 1.807) is 24.3 Å². The quantitative estimate of drug-likeness (QED) is 0.768. The zero-order chi connectivity index (χ0) is 15.9. The van der Waals surface area contributed by atoms with E-state index >= 15 is 0 Å². The van der Waals surface area contributed by atoms with Crippen LogP contribution in [0, 0.1) is 0 Å². The normalized spacial score (nSPS) is 10.8. The molecule has 2 aromatic heterocycles. The van der Waals surface area contributed by atoms with Gasteiger partial charge in [-0.3, -0.25) is 0 Å². The Morgan fingerprint density at radius 2 is 2.09 bits per heavy atom. The van der Waals surface area contributed by atoms with Gasteiger partial charge in [-0.15, -0.1) is 5.10 Å². The number of ether oxygens (including phenoxy) is 1. The lowest BCUT2D eigenvalue weighted by molar-refractivity contribution is 0.0687. The predicted molar refractivity (Wildman–Crippen MR) is 81.4 cm³/mol. The van der Waals surface area contributed by atoms with Crippen LogP contribution >= 0.6 is 11.6 Å². The molecule has 8 heteroatoms. The fourth-order valence-corrected chi connectivity index (χ4v) is 2.41. The van der Waals surface area contributed by atoms with Crippen molar-refractivity contribution in [1.29, 1.82) is 0 Å². The number of aromatic carboxylic acids is 1. The number of pyridine rings is 1. The Morgan fingerprint density at radius 1 is 1.32 bits per heavy atom. The number of hydrogen-bond acceptors (Lipinski definition) is 5. The first kappa shape index (κ1) is 14.2. The van der Waals surface area contributed by atoms with Crippen LogP contribution in [0.3, 0.4) is 0 Å². The van der Waals surface area contributed by atoms with Gasteiger partial charge in [0.25, 0.3) is 0 Å². The van der Waals surface area contributed by atoms with E-state index in [1.165, 1.54) is 17.7 Å². The van der Waals surface area contributed by atoms with Gasteiger partial charge in [0, 0.05) is 16.1 Å². The third-order valence-electron chi connectivity index (χ3n) is 3.17. The van der Waals surface area contributed by atoms with Crippen LogP contribution in [-0.2, 0) is 0 Å². The molecule has 0 fully saturated rings. The van der Waals surface area contributed by atoms with Crippen LogP contribution in [-0.4, -0.2) is 32.8 Å². The van der Waals surface area contributed by atoms with Gasteiger partial charge in [-0.25, -0.2) is 9.31 Å². The van der Waals surface area contributed by atoms with E-state index in [9.17, 15) is 9.90 Å². The minimum Gasteiger partial charge on any atom is -0.496 e. The van der Waals surface area contributed by atoms with Crippen molar-refractivity contribution in [3.8, 4) is 16.9 Å². The molecule has 0 aliphatic carbocycles. The molecule has 0 atom stereocenters. The number of carbonyl (C=O) groups is 1. The number of carboxylic acid groups (broad SMARTS) is 1. The molecule has 0 amide bonds. The van der Waals surface area contributed by atoms with Gasteiger partial charge in [-0.2, -0.15) is 4.98 Å². The second kappa shape index (κ2) is 5.19. The van der Waals surface area contributed by atoms with E-state index in [0.29, 0.717) is 27.5 Å². The Hall–Kier alpha value is -2.80. The molecule has 1 aromatic carbocycles. The number of fused-ring (bicyclic) bond motifs is 1.